The van der Waals surface area contributed by atoms with Crippen molar-refractivity contribution in [1.29, 1.82) is 0 Å². The molecule has 0 aromatic heterocycles. The van der Waals surface area contributed by atoms with Gasteiger partial charge in [0, 0.05) is 21.4 Å². The van der Waals surface area contributed by atoms with Gasteiger partial charge in [-0.2, -0.15) is 0 Å². The minimum absolute atomic E-state index is 0.707. The van der Waals surface area contributed by atoms with E-state index in [0.29, 0.717) is 5.02 Å². The van der Waals surface area contributed by atoms with E-state index < -0.39 is 0 Å². The Morgan fingerprint density at radius 1 is 1.05 bits per heavy atom. The molecule has 0 bridgehead atoms. The molecule has 0 aliphatic rings. The molecule has 2 aromatic rings. The molecule has 0 saturated heterocycles. The molecule has 20 heavy (non-hydrogen) atoms. The van der Waals surface area contributed by atoms with Gasteiger partial charge in [-0.15, -0.1) is 0 Å². The normalized spacial score (nSPS) is 10.8. The predicted molar refractivity (Wildman–Crippen MR) is 89.0 cm³/mol. The molecule has 0 atom stereocenters. The van der Waals surface area contributed by atoms with Crippen molar-refractivity contribution in [2.45, 2.75) is 29.7 Å². The zero-order valence-corrected chi connectivity index (χ0v) is 13.7. The van der Waals surface area contributed by atoms with Gasteiger partial charge < -0.3 is 5.32 Å². The van der Waals surface area contributed by atoms with Crippen LogP contribution in [0.5, 0.6) is 0 Å². The topological polar surface area (TPSA) is 12.0 Å². The molecule has 106 valence electrons. The van der Waals surface area contributed by atoms with E-state index in [9.17, 15) is 0 Å². The van der Waals surface area contributed by atoms with Crippen molar-refractivity contribution in [2.75, 3.05) is 6.54 Å². The van der Waals surface area contributed by atoms with Crippen LogP contribution >= 0.6 is 35.0 Å². The summed E-state index contributed by atoms with van der Waals surface area (Å²) >= 11 is 13.9. The monoisotopic (exact) mass is 325 g/mol. The van der Waals surface area contributed by atoms with E-state index in [1.54, 1.807) is 11.8 Å². The van der Waals surface area contributed by atoms with Gasteiger partial charge in [-0.3, -0.25) is 0 Å². The molecule has 1 N–H and O–H groups in total. The van der Waals surface area contributed by atoms with E-state index in [2.05, 4.69) is 30.4 Å². The largest absolute Gasteiger partial charge is 0.313 e. The molecule has 0 radical (unpaired) electrons. The summed E-state index contributed by atoms with van der Waals surface area (Å²) < 4.78 is 0. The lowest BCUT2D eigenvalue weighted by Gasteiger charge is -2.11. The quantitative estimate of drug-likeness (QED) is 0.689. The molecular formula is C16H17Cl2NS. The summed E-state index contributed by atoms with van der Waals surface area (Å²) in [5.74, 6) is 0. The first-order valence-electron chi connectivity index (χ1n) is 6.62. The van der Waals surface area contributed by atoms with E-state index >= 15 is 0 Å². The molecule has 0 unspecified atom stereocenters. The SMILES string of the molecule is CCCNCc1ccccc1Sc1cc(Cl)ccc1Cl. The van der Waals surface area contributed by atoms with Crippen LogP contribution in [0.1, 0.15) is 18.9 Å². The molecule has 0 aliphatic carbocycles. The van der Waals surface area contributed by atoms with Gasteiger partial charge in [0.05, 0.1) is 5.02 Å². The lowest BCUT2D eigenvalue weighted by molar-refractivity contribution is 0.669. The number of hydrogen-bond donors (Lipinski definition) is 1. The zero-order chi connectivity index (χ0) is 14.4. The maximum atomic E-state index is 6.23. The second kappa shape index (κ2) is 7.94. The van der Waals surface area contributed by atoms with E-state index in [0.717, 1.165) is 29.4 Å². The number of benzene rings is 2. The van der Waals surface area contributed by atoms with E-state index in [4.69, 9.17) is 23.2 Å². The fourth-order valence-electron chi connectivity index (χ4n) is 1.82. The molecule has 2 aromatic carbocycles. The highest BCUT2D eigenvalue weighted by atomic mass is 35.5. The number of nitrogens with one attached hydrogen (secondary N) is 1. The first-order chi connectivity index (χ1) is 9.70. The van der Waals surface area contributed by atoms with Gasteiger partial charge in [0.2, 0.25) is 0 Å². The van der Waals surface area contributed by atoms with Crippen molar-refractivity contribution < 1.29 is 0 Å². The fourth-order valence-corrected chi connectivity index (χ4v) is 3.30. The summed E-state index contributed by atoms with van der Waals surface area (Å²) in [4.78, 5) is 2.20. The van der Waals surface area contributed by atoms with Crippen LogP contribution in [0, 0.1) is 0 Å². The first-order valence-corrected chi connectivity index (χ1v) is 8.19. The van der Waals surface area contributed by atoms with Crippen LogP contribution in [-0.2, 0) is 6.54 Å². The van der Waals surface area contributed by atoms with E-state index in [-0.39, 0.29) is 0 Å². The predicted octanol–water partition coefficient (Wildman–Crippen LogP) is 5.64. The van der Waals surface area contributed by atoms with E-state index in [1.165, 1.54) is 10.5 Å². The molecule has 2 rings (SSSR count). The van der Waals surface area contributed by atoms with Crippen LogP contribution in [0.25, 0.3) is 0 Å². The summed E-state index contributed by atoms with van der Waals surface area (Å²) in [5, 5.41) is 4.87. The average Bonchev–Trinajstić information content (AvgIpc) is 2.45. The molecule has 0 heterocycles. The van der Waals surface area contributed by atoms with Gasteiger partial charge in [-0.1, -0.05) is 60.1 Å². The standard InChI is InChI=1S/C16H17Cl2NS/c1-2-9-19-11-12-5-3-4-6-15(12)20-16-10-13(17)7-8-14(16)18/h3-8,10,19H,2,9,11H2,1H3. The third-order valence-corrected chi connectivity index (χ3v) is 4.68. The minimum Gasteiger partial charge on any atom is -0.313 e. The molecule has 0 fully saturated rings. The Kier molecular flexibility index (Phi) is 6.24. The maximum absolute atomic E-state index is 6.23. The summed E-state index contributed by atoms with van der Waals surface area (Å²) in [5.41, 5.74) is 1.28. The lowest BCUT2D eigenvalue weighted by atomic mass is 10.2. The maximum Gasteiger partial charge on any atom is 0.0546 e. The second-order valence-corrected chi connectivity index (χ2v) is 6.39. The summed E-state index contributed by atoms with van der Waals surface area (Å²) in [6, 6.07) is 13.9. The molecular weight excluding hydrogens is 309 g/mol. The van der Waals surface area contributed by atoms with Crippen LogP contribution < -0.4 is 5.32 Å². The Balaban J connectivity index is 2.18. The van der Waals surface area contributed by atoms with Gasteiger partial charge in [0.25, 0.3) is 0 Å². The fraction of sp³-hybridized carbons (Fsp3) is 0.250. The Morgan fingerprint density at radius 2 is 1.85 bits per heavy atom. The summed E-state index contributed by atoms with van der Waals surface area (Å²) in [7, 11) is 0. The van der Waals surface area contributed by atoms with Crippen molar-refractivity contribution in [1.82, 2.24) is 5.32 Å². The molecule has 4 heteroatoms. The van der Waals surface area contributed by atoms with Crippen LogP contribution in [0.2, 0.25) is 10.0 Å². The summed E-state index contributed by atoms with van der Waals surface area (Å²) in [6.07, 6.45) is 1.13. The zero-order valence-electron chi connectivity index (χ0n) is 11.3. The number of rotatable bonds is 6. The Bertz CT molecular complexity index is 572. The van der Waals surface area contributed by atoms with Gasteiger partial charge in [-0.25, -0.2) is 0 Å². The smallest absolute Gasteiger partial charge is 0.0546 e. The third kappa shape index (κ3) is 4.42. The highest BCUT2D eigenvalue weighted by Gasteiger charge is 2.07. The molecule has 0 aliphatic heterocycles. The Hall–Kier alpha value is -0.670. The van der Waals surface area contributed by atoms with Gasteiger partial charge >= 0.3 is 0 Å². The Labute approximate surface area is 134 Å². The molecule has 0 saturated carbocycles. The third-order valence-electron chi connectivity index (χ3n) is 2.83. The van der Waals surface area contributed by atoms with Crippen LogP contribution in [0.4, 0.5) is 0 Å². The number of halogens is 2. The van der Waals surface area contributed by atoms with Gasteiger partial charge in [-0.05, 0) is 42.8 Å². The minimum atomic E-state index is 0.707. The van der Waals surface area contributed by atoms with Gasteiger partial charge in [0.15, 0.2) is 0 Å². The van der Waals surface area contributed by atoms with Crippen molar-refractivity contribution >= 4 is 35.0 Å². The van der Waals surface area contributed by atoms with Crippen molar-refractivity contribution in [3.63, 3.8) is 0 Å². The van der Waals surface area contributed by atoms with Crippen molar-refractivity contribution in [3.8, 4) is 0 Å². The average molecular weight is 326 g/mol. The molecule has 1 nitrogen and oxygen atoms in total. The number of hydrogen-bond acceptors (Lipinski definition) is 2. The highest BCUT2D eigenvalue weighted by molar-refractivity contribution is 7.99. The van der Waals surface area contributed by atoms with Crippen LogP contribution in [-0.4, -0.2) is 6.54 Å². The van der Waals surface area contributed by atoms with Gasteiger partial charge in [0.1, 0.15) is 0 Å². The molecule has 0 spiro atoms. The highest BCUT2D eigenvalue weighted by Crippen LogP contribution is 2.36. The lowest BCUT2D eigenvalue weighted by Crippen LogP contribution is -2.14. The second-order valence-electron chi connectivity index (χ2n) is 4.46. The van der Waals surface area contributed by atoms with Crippen LogP contribution in [0.15, 0.2) is 52.3 Å². The first kappa shape index (κ1) is 15.7. The van der Waals surface area contributed by atoms with Crippen molar-refractivity contribution in [2.24, 2.45) is 0 Å². The van der Waals surface area contributed by atoms with E-state index in [1.807, 2.05) is 24.3 Å². The van der Waals surface area contributed by atoms with Crippen molar-refractivity contribution in [3.05, 3.63) is 58.1 Å². The molecule has 0 amide bonds. The Morgan fingerprint density at radius 3 is 2.65 bits per heavy atom. The van der Waals surface area contributed by atoms with Crippen LogP contribution in [0.3, 0.4) is 0 Å². The summed E-state index contributed by atoms with van der Waals surface area (Å²) in [6.45, 7) is 4.06.